The molecule has 1 atom stereocenters. The van der Waals surface area contributed by atoms with Gasteiger partial charge in [0.05, 0.1) is 6.54 Å². The predicted octanol–water partition coefficient (Wildman–Crippen LogP) is 1.41. The minimum Gasteiger partial charge on any atom is -0.479 e. The van der Waals surface area contributed by atoms with E-state index < -0.39 is 17.4 Å². The Morgan fingerprint density at radius 3 is 2.23 bits per heavy atom. The Kier molecular flexibility index (Phi) is 6.56. The van der Waals surface area contributed by atoms with Gasteiger partial charge in [0.15, 0.2) is 5.54 Å². The molecule has 3 N–H and O–H groups in total. The average molecular weight is 306 g/mol. The summed E-state index contributed by atoms with van der Waals surface area (Å²) in [5.41, 5.74) is -0.994. The third-order valence-electron chi connectivity index (χ3n) is 3.44. The molecule has 6 nitrogen and oxygen atoms in total. The number of carbonyl (C=O) groups excluding carboxylic acids is 2. The molecule has 0 saturated carbocycles. The minimum absolute atomic E-state index is 0.195. The van der Waals surface area contributed by atoms with Crippen LogP contribution in [0.15, 0.2) is 30.3 Å². The summed E-state index contributed by atoms with van der Waals surface area (Å²) in [6.45, 7) is 3.32. The molecule has 0 aliphatic rings. The Labute approximate surface area is 129 Å². The van der Waals surface area contributed by atoms with Crippen molar-refractivity contribution in [1.82, 2.24) is 10.6 Å². The molecule has 0 aromatic heterocycles. The highest BCUT2D eigenvalue weighted by Gasteiger charge is 2.40. The SMILES string of the molecule is CCCC(=O)NCC(=O)NC(CC)(C(=O)O)c1ccccc1. The summed E-state index contributed by atoms with van der Waals surface area (Å²) in [4.78, 5) is 35.1. The predicted molar refractivity (Wildman–Crippen MR) is 82.1 cm³/mol. The van der Waals surface area contributed by atoms with Gasteiger partial charge in [-0.1, -0.05) is 44.2 Å². The molecular weight excluding hydrogens is 284 g/mol. The first-order chi connectivity index (χ1) is 10.5. The van der Waals surface area contributed by atoms with Crippen molar-refractivity contribution in [2.45, 2.75) is 38.6 Å². The number of hydrogen-bond donors (Lipinski definition) is 3. The minimum atomic E-state index is -1.49. The standard InChI is InChI=1S/C16H22N2O4/c1-3-8-13(19)17-11-14(20)18-16(4-2,15(21)22)12-9-6-5-7-10-12/h5-7,9-10H,3-4,8,11H2,1-2H3,(H,17,19)(H,18,20)(H,21,22). The Morgan fingerprint density at radius 2 is 1.73 bits per heavy atom. The molecule has 0 aliphatic carbocycles. The summed E-state index contributed by atoms with van der Waals surface area (Å²) >= 11 is 0. The number of hydrogen-bond acceptors (Lipinski definition) is 3. The molecule has 120 valence electrons. The van der Waals surface area contributed by atoms with Crippen molar-refractivity contribution in [1.29, 1.82) is 0 Å². The molecule has 0 fully saturated rings. The molecule has 0 aliphatic heterocycles. The second kappa shape index (κ2) is 8.17. The summed E-state index contributed by atoms with van der Waals surface area (Å²) in [6.07, 6.45) is 1.22. The van der Waals surface area contributed by atoms with Gasteiger partial charge in [-0.15, -0.1) is 0 Å². The van der Waals surface area contributed by atoms with Gasteiger partial charge in [0.2, 0.25) is 11.8 Å². The van der Waals surface area contributed by atoms with E-state index in [1.54, 1.807) is 37.3 Å². The summed E-state index contributed by atoms with van der Waals surface area (Å²) in [5.74, 6) is -1.89. The maximum Gasteiger partial charge on any atom is 0.334 e. The zero-order valence-corrected chi connectivity index (χ0v) is 12.9. The number of nitrogens with one attached hydrogen (secondary N) is 2. The number of carboxylic acids is 1. The van der Waals surface area contributed by atoms with Crippen LogP contribution in [-0.4, -0.2) is 29.4 Å². The average Bonchev–Trinajstić information content (AvgIpc) is 2.51. The number of carbonyl (C=O) groups is 3. The van der Waals surface area contributed by atoms with E-state index in [-0.39, 0.29) is 18.9 Å². The lowest BCUT2D eigenvalue weighted by atomic mass is 9.87. The molecule has 6 heteroatoms. The lowest BCUT2D eigenvalue weighted by Crippen LogP contribution is -2.53. The maximum atomic E-state index is 12.0. The largest absolute Gasteiger partial charge is 0.479 e. The van der Waals surface area contributed by atoms with E-state index in [0.717, 1.165) is 0 Å². The first-order valence-electron chi connectivity index (χ1n) is 7.33. The molecule has 0 saturated heterocycles. The number of rotatable bonds is 8. The Bertz CT molecular complexity index is 530. The third-order valence-corrected chi connectivity index (χ3v) is 3.44. The number of carboxylic acid groups (broad SMARTS) is 1. The normalized spacial score (nSPS) is 13.0. The molecule has 1 aromatic carbocycles. The molecule has 1 aromatic rings. The van der Waals surface area contributed by atoms with Gasteiger partial charge >= 0.3 is 5.97 Å². The van der Waals surface area contributed by atoms with Crippen molar-refractivity contribution < 1.29 is 19.5 Å². The highest BCUT2D eigenvalue weighted by atomic mass is 16.4. The monoisotopic (exact) mass is 306 g/mol. The summed E-state index contributed by atoms with van der Waals surface area (Å²) in [6, 6.07) is 8.54. The first kappa shape index (κ1) is 17.7. The molecule has 1 unspecified atom stereocenters. The van der Waals surface area contributed by atoms with Gasteiger partial charge in [-0.2, -0.15) is 0 Å². The van der Waals surface area contributed by atoms with Gasteiger partial charge < -0.3 is 15.7 Å². The van der Waals surface area contributed by atoms with Crippen LogP contribution < -0.4 is 10.6 Å². The smallest absolute Gasteiger partial charge is 0.334 e. The molecule has 0 bridgehead atoms. The van der Waals surface area contributed by atoms with E-state index in [1.807, 2.05) is 6.92 Å². The van der Waals surface area contributed by atoms with Crippen molar-refractivity contribution in [3.8, 4) is 0 Å². The lowest BCUT2D eigenvalue weighted by molar-refractivity contribution is -0.148. The van der Waals surface area contributed by atoms with Crippen molar-refractivity contribution in [2.24, 2.45) is 0 Å². The van der Waals surface area contributed by atoms with Crippen molar-refractivity contribution in [2.75, 3.05) is 6.54 Å². The number of amides is 2. The molecule has 0 spiro atoms. The first-order valence-corrected chi connectivity index (χ1v) is 7.33. The van der Waals surface area contributed by atoms with Crippen LogP contribution in [0.2, 0.25) is 0 Å². The fourth-order valence-electron chi connectivity index (χ4n) is 2.19. The van der Waals surface area contributed by atoms with Gasteiger partial charge in [-0.05, 0) is 18.4 Å². The van der Waals surface area contributed by atoms with Crippen LogP contribution in [0.4, 0.5) is 0 Å². The second-order valence-electron chi connectivity index (χ2n) is 5.00. The molecule has 0 radical (unpaired) electrons. The van der Waals surface area contributed by atoms with E-state index in [0.29, 0.717) is 18.4 Å². The topological polar surface area (TPSA) is 95.5 Å². The highest BCUT2D eigenvalue weighted by molar-refractivity contribution is 5.90. The van der Waals surface area contributed by atoms with Gasteiger partial charge in [0.1, 0.15) is 0 Å². The van der Waals surface area contributed by atoms with E-state index in [4.69, 9.17) is 0 Å². The van der Waals surface area contributed by atoms with Gasteiger partial charge in [-0.25, -0.2) is 4.79 Å². The van der Waals surface area contributed by atoms with Gasteiger partial charge in [0.25, 0.3) is 0 Å². The molecule has 0 heterocycles. The molecule has 1 rings (SSSR count). The van der Waals surface area contributed by atoms with E-state index in [1.165, 1.54) is 0 Å². The highest BCUT2D eigenvalue weighted by Crippen LogP contribution is 2.25. The third kappa shape index (κ3) is 4.31. The van der Waals surface area contributed by atoms with Crippen LogP contribution in [0, 0.1) is 0 Å². The van der Waals surface area contributed by atoms with Crippen LogP contribution in [0.5, 0.6) is 0 Å². The van der Waals surface area contributed by atoms with Crippen LogP contribution in [0.3, 0.4) is 0 Å². The van der Waals surface area contributed by atoms with Gasteiger partial charge in [0, 0.05) is 6.42 Å². The zero-order chi connectivity index (χ0) is 16.6. The number of aliphatic carboxylic acids is 1. The van der Waals surface area contributed by atoms with E-state index >= 15 is 0 Å². The fourth-order valence-corrected chi connectivity index (χ4v) is 2.19. The van der Waals surface area contributed by atoms with Gasteiger partial charge in [-0.3, -0.25) is 9.59 Å². The molecule has 22 heavy (non-hydrogen) atoms. The lowest BCUT2D eigenvalue weighted by Gasteiger charge is -2.30. The maximum absolute atomic E-state index is 12.0. The summed E-state index contributed by atoms with van der Waals surface area (Å²) < 4.78 is 0. The quantitative estimate of drug-likeness (QED) is 0.676. The molecular formula is C16H22N2O4. The fraction of sp³-hybridized carbons (Fsp3) is 0.438. The Morgan fingerprint density at radius 1 is 1.09 bits per heavy atom. The van der Waals surface area contributed by atoms with E-state index in [2.05, 4.69) is 10.6 Å². The number of benzene rings is 1. The van der Waals surface area contributed by atoms with Crippen molar-refractivity contribution in [3.05, 3.63) is 35.9 Å². The van der Waals surface area contributed by atoms with Crippen LogP contribution in [0.25, 0.3) is 0 Å². The van der Waals surface area contributed by atoms with Crippen LogP contribution in [-0.2, 0) is 19.9 Å². The van der Waals surface area contributed by atoms with E-state index in [9.17, 15) is 19.5 Å². The van der Waals surface area contributed by atoms with Crippen molar-refractivity contribution in [3.63, 3.8) is 0 Å². The Balaban J connectivity index is 2.85. The van der Waals surface area contributed by atoms with Crippen molar-refractivity contribution >= 4 is 17.8 Å². The van der Waals surface area contributed by atoms with Crippen LogP contribution in [0.1, 0.15) is 38.7 Å². The summed E-state index contributed by atoms with van der Waals surface area (Å²) in [7, 11) is 0. The summed E-state index contributed by atoms with van der Waals surface area (Å²) in [5, 5.41) is 14.6. The molecule has 2 amide bonds. The zero-order valence-electron chi connectivity index (χ0n) is 12.9. The Hall–Kier alpha value is -2.37. The second-order valence-corrected chi connectivity index (χ2v) is 5.00. The van der Waals surface area contributed by atoms with Crippen LogP contribution >= 0.6 is 0 Å².